The third-order valence-corrected chi connectivity index (χ3v) is 5.35. The number of benzene rings is 2. The van der Waals surface area contributed by atoms with E-state index in [1.807, 2.05) is 23.1 Å². The van der Waals surface area contributed by atoms with Gasteiger partial charge in [0, 0.05) is 43.5 Å². The summed E-state index contributed by atoms with van der Waals surface area (Å²) in [5, 5.41) is 0. The lowest BCUT2D eigenvalue weighted by atomic mass is 10.1. The number of ether oxygens (including phenoxy) is 2. The summed E-state index contributed by atoms with van der Waals surface area (Å²) in [5.41, 5.74) is 4.70. The highest BCUT2D eigenvalue weighted by Crippen LogP contribution is 2.26. The molecule has 0 spiro atoms. The van der Waals surface area contributed by atoms with Gasteiger partial charge in [0.25, 0.3) is 0 Å². The second-order valence-corrected chi connectivity index (χ2v) is 6.97. The van der Waals surface area contributed by atoms with Crippen LogP contribution in [0.2, 0.25) is 0 Å². The number of hydrogen-bond acceptors (Lipinski definition) is 4. The molecular weight excluding hydrogens is 352 g/mol. The monoisotopic (exact) mass is 380 g/mol. The quantitative estimate of drug-likeness (QED) is 0.742. The lowest BCUT2D eigenvalue weighted by molar-refractivity contribution is -0.126. The van der Waals surface area contributed by atoms with Crippen LogP contribution < -0.4 is 14.4 Å². The van der Waals surface area contributed by atoms with Crippen LogP contribution in [0.1, 0.15) is 16.7 Å². The summed E-state index contributed by atoms with van der Waals surface area (Å²) < 4.78 is 10.6. The largest absolute Gasteiger partial charge is 0.497 e. The minimum atomic E-state index is 0.0190. The van der Waals surface area contributed by atoms with Crippen LogP contribution in [0.25, 0.3) is 6.08 Å². The Labute approximate surface area is 167 Å². The first kappa shape index (κ1) is 19.8. The number of anilines is 1. The van der Waals surface area contributed by atoms with E-state index in [9.17, 15) is 4.79 Å². The predicted molar refractivity (Wildman–Crippen MR) is 113 cm³/mol. The van der Waals surface area contributed by atoms with Crippen molar-refractivity contribution in [1.82, 2.24) is 4.90 Å². The van der Waals surface area contributed by atoms with Gasteiger partial charge < -0.3 is 19.3 Å². The summed E-state index contributed by atoms with van der Waals surface area (Å²) in [5.74, 6) is 1.46. The predicted octanol–water partition coefficient (Wildman–Crippen LogP) is 3.68. The number of aryl methyl sites for hydroxylation is 1. The zero-order valence-corrected chi connectivity index (χ0v) is 17.1. The zero-order chi connectivity index (χ0) is 20.1. The number of carbonyl (C=O) groups is 1. The van der Waals surface area contributed by atoms with E-state index >= 15 is 0 Å². The topological polar surface area (TPSA) is 42.0 Å². The van der Waals surface area contributed by atoms with Gasteiger partial charge in [-0.05, 0) is 55.3 Å². The molecule has 2 aromatic carbocycles. The van der Waals surface area contributed by atoms with Crippen LogP contribution >= 0.6 is 0 Å². The van der Waals surface area contributed by atoms with Crippen molar-refractivity contribution in [2.45, 2.75) is 13.8 Å². The van der Waals surface area contributed by atoms with E-state index in [4.69, 9.17) is 9.47 Å². The van der Waals surface area contributed by atoms with Crippen molar-refractivity contribution in [2.24, 2.45) is 0 Å². The van der Waals surface area contributed by atoms with Crippen LogP contribution in [0.4, 0.5) is 5.69 Å². The fraction of sp³-hybridized carbons (Fsp3) is 0.348. The van der Waals surface area contributed by atoms with E-state index in [0.717, 1.165) is 24.4 Å². The van der Waals surface area contributed by atoms with Crippen LogP contribution in [0, 0.1) is 13.8 Å². The van der Waals surface area contributed by atoms with Crippen molar-refractivity contribution in [3.63, 3.8) is 0 Å². The zero-order valence-electron chi connectivity index (χ0n) is 17.1. The van der Waals surface area contributed by atoms with Crippen molar-refractivity contribution >= 4 is 17.7 Å². The summed E-state index contributed by atoms with van der Waals surface area (Å²) in [6.45, 7) is 7.40. The highest BCUT2D eigenvalue weighted by Gasteiger charge is 2.21. The van der Waals surface area contributed by atoms with Gasteiger partial charge >= 0.3 is 0 Å². The van der Waals surface area contributed by atoms with Crippen LogP contribution in [-0.4, -0.2) is 51.2 Å². The molecule has 0 atom stereocenters. The number of carbonyl (C=O) groups excluding carboxylic acids is 1. The van der Waals surface area contributed by atoms with Crippen molar-refractivity contribution in [1.29, 1.82) is 0 Å². The number of amides is 1. The maximum atomic E-state index is 12.6. The molecule has 0 aliphatic carbocycles. The highest BCUT2D eigenvalue weighted by atomic mass is 16.5. The minimum absolute atomic E-state index is 0.0190. The summed E-state index contributed by atoms with van der Waals surface area (Å²) in [6.07, 6.45) is 3.41. The molecule has 1 heterocycles. The molecule has 5 heteroatoms. The Morgan fingerprint density at radius 3 is 2.43 bits per heavy atom. The van der Waals surface area contributed by atoms with Crippen molar-refractivity contribution < 1.29 is 14.3 Å². The summed E-state index contributed by atoms with van der Waals surface area (Å²) in [4.78, 5) is 16.9. The molecule has 2 aromatic rings. The molecule has 0 N–H and O–H groups in total. The molecule has 1 saturated heterocycles. The number of methoxy groups -OCH3 is 2. The average molecular weight is 380 g/mol. The Morgan fingerprint density at radius 1 is 1.00 bits per heavy atom. The Morgan fingerprint density at radius 2 is 1.75 bits per heavy atom. The molecule has 1 fully saturated rings. The van der Waals surface area contributed by atoms with Gasteiger partial charge in [0.2, 0.25) is 5.91 Å². The Bertz CT molecular complexity index is 868. The Balaban J connectivity index is 1.64. The van der Waals surface area contributed by atoms with Crippen molar-refractivity contribution in [3.8, 4) is 11.5 Å². The number of nitrogens with zero attached hydrogens (tertiary/aromatic N) is 2. The fourth-order valence-corrected chi connectivity index (χ4v) is 3.48. The van der Waals surface area contributed by atoms with E-state index in [1.165, 1.54) is 16.8 Å². The van der Waals surface area contributed by atoms with Gasteiger partial charge in [-0.2, -0.15) is 0 Å². The van der Waals surface area contributed by atoms with E-state index in [0.29, 0.717) is 18.8 Å². The van der Waals surface area contributed by atoms with Crippen molar-refractivity contribution in [3.05, 3.63) is 59.2 Å². The van der Waals surface area contributed by atoms with Gasteiger partial charge in [0.1, 0.15) is 11.5 Å². The van der Waals surface area contributed by atoms with Gasteiger partial charge in [0.05, 0.1) is 14.2 Å². The molecule has 148 valence electrons. The molecule has 1 aliphatic rings. The summed E-state index contributed by atoms with van der Waals surface area (Å²) in [6, 6.07) is 11.9. The smallest absolute Gasteiger partial charge is 0.246 e. The number of rotatable bonds is 5. The molecule has 3 rings (SSSR count). The van der Waals surface area contributed by atoms with E-state index in [1.54, 1.807) is 26.4 Å². The fourth-order valence-electron chi connectivity index (χ4n) is 3.48. The van der Waals surface area contributed by atoms with E-state index in [-0.39, 0.29) is 5.91 Å². The lowest BCUT2D eigenvalue weighted by Crippen LogP contribution is -2.48. The van der Waals surface area contributed by atoms with Gasteiger partial charge in [-0.3, -0.25) is 4.79 Å². The molecule has 0 unspecified atom stereocenters. The first-order valence-corrected chi connectivity index (χ1v) is 9.53. The normalized spacial score (nSPS) is 14.4. The number of piperazine rings is 1. The molecule has 0 saturated carbocycles. The molecule has 1 amide bonds. The first-order chi connectivity index (χ1) is 13.5. The molecule has 0 aromatic heterocycles. The summed E-state index contributed by atoms with van der Waals surface area (Å²) in [7, 11) is 3.24. The standard InChI is InChI=1S/C23H28N2O3/c1-17-6-5-7-21(18(17)2)24-12-14-25(15-13-24)23(26)11-8-19-16-20(27-3)9-10-22(19)28-4/h5-11,16H,12-15H2,1-4H3/b11-8+. The SMILES string of the molecule is COc1ccc(OC)c(/C=C/C(=O)N2CCN(c3cccc(C)c3C)CC2)c1. The van der Waals surface area contributed by atoms with Gasteiger partial charge in [0.15, 0.2) is 0 Å². The third kappa shape index (κ3) is 4.30. The van der Waals surface area contributed by atoms with Crippen molar-refractivity contribution in [2.75, 3.05) is 45.3 Å². The van der Waals surface area contributed by atoms with Gasteiger partial charge in [-0.25, -0.2) is 0 Å². The Kier molecular flexibility index (Phi) is 6.24. The molecular formula is C23H28N2O3. The molecule has 5 nitrogen and oxygen atoms in total. The van der Waals surface area contributed by atoms with E-state index < -0.39 is 0 Å². The Hall–Kier alpha value is -2.95. The second kappa shape index (κ2) is 8.83. The van der Waals surface area contributed by atoms with Crippen LogP contribution in [0.5, 0.6) is 11.5 Å². The average Bonchev–Trinajstić information content (AvgIpc) is 2.73. The number of hydrogen-bond donors (Lipinski definition) is 0. The molecule has 0 radical (unpaired) electrons. The molecule has 0 bridgehead atoms. The second-order valence-electron chi connectivity index (χ2n) is 6.97. The lowest BCUT2D eigenvalue weighted by Gasteiger charge is -2.36. The van der Waals surface area contributed by atoms with Crippen LogP contribution in [0.3, 0.4) is 0 Å². The molecule has 28 heavy (non-hydrogen) atoms. The van der Waals surface area contributed by atoms with Gasteiger partial charge in [-0.1, -0.05) is 12.1 Å². The molecule has 1 aliphatic heterocycles. The maximum absolute atomic E-state index is 12.6. The first-order valence-electron chi connectivity index (χ1n) is 9.53. The van der Waals surface area contributed by atoms with Crippen LogP contribution in [0.15, 0.2) is 42.5 Å². The van der Waals surface area contributed by atoms with Crippen LogP contribution in [-0.2, 0) is 4.79 Å². The third-order valence-electron chi connectivity index (χ3n) is 5.35. The van der Waals surface area contributed by atoms with E-state index in [2.05, 4.69) is 36.9 Å². The van der Waals surface area contributed by atoms with Gasteiger partial charge in [-0.15, -0.1) is 0 Å². The maximum Gasteiger partial charge on any atom is 0.246 e. The summed E-state index contributed by atoms with van der Waals surface area (Å²) >= 11 is 0. The minimum Gasteiger partial charge on any atom is -0.497 e. The highest BCUT2D eigenvalue weighted by molar-refractivity contribution is 5.92.